The highest BCUT2D eigenvalue weighted by atomic mass is 16.5. The Morgan fingerprint density at radius 1 is 1.54 bits per heavy atom. The Morgan fingerprint density at radius 2 is 2.38 bits per heavy atom. The van der Waals surface area contributed by atoms with Gasteiger partial charge in [0.1, 0.15) is 22.9 Å². The first-order valence-electron chi connectivity index (χ1n) is 3.77. The van der Waals surface area contributed by atoms with Crippen LogP contribution < -0.4 is 4.74 Å². The van der Waals surface area contributed by atoms with Gasteiger partial charge >= 0.3 is 0 Å². The summed E-state index contributed by atoms with van der Waals surface area (Å²) < 4.78 is 5.10. The van der Waals surface area contributed by atoms with E-state index in [0.29, 0.717) is 16.8 Å². The molecular formula is C9H7N3O. The van der Waals surface area contributed by atoms with E-state index in [1.54, 1.807) is 25.6 Å². The van der Waals surface area contributed by atoms with Gasteiger partial charge in [-0.3, -0.25) is 0 Å². The zero-order valence-corrected chi connectivity index (χ0v) is 7.03. The average Bonchev–Trinajstić information content (AvgIpc) is 2.64. The van der Waals surface area contributed by atoms with Crippen LogP contribution in [-0.4, -0.2) is 17.1 Å². The number of nitrogens with one attached hydrogen (secondary N) is 1. The first-order valence-corrected chi connectivity index (χ1v) is 3.77. The van der Waals surface area contributed by atoms with Gasteiger partial charge in [0.25, 0.3) is 0 Å². The van der Waals surface area contributed by atoms with Crippen LogP contribution in [-0.2, 0) is 0 Å². The van der Waals surface area contributed by atoms with Crippen LogP contribution in [0.4, 0.5) is 0 Å². The van der Waals surface area contributed by atoms with Crippen molar-refractivity contribution in [3.63, 3.8) is 0 Å². The van der Waals surface area contributed by atoms with E-state index in [2.05, 4.69) is 16.0 Å². The molecule has 4 heteroatoms. The van der Waals surface area contributed by atoms with Crippen molar-refractivity contribution in [2.45, 2.75) is 0 Å². The second kappa shape index (κ2) is 2.79. The lowest BCUT2D eigenvalue weighted by Gasteiger charge is -2.00. The molecule has 0 aliphatic rings. The summed E-state index contributed by atoms with van der Waals surface area (Å²) in [4.78, 5) is 6.97. The number of nitriles is 1. The number of ether oxygens (including phenoxy) is 1. The normalized spacial score (nSPS) is 9.85. The molecule has 0 unspecified atom stereocenters. The lowest BCUT2D eigenvalue weighted by atomic mass is 10.2. The third-order valence-corrected chi connectivity index (χ3v) is 1.88. The number of rotatable bonds is 1. The van der Waals surface area contributed by atoms with E-state index in [1.807, 2.05) is 0 Å². The van der Waals surface area contributed by atoms with Crippen LogP contribution in [0.5, 0.6) is 5.75 Å². The van der Waals surface area contributed by atoms with Crippen molar-refractivity contribution in [1.29, 1.82) is 5.26 Å². The molecule has 0 spiro atoms. The molecule has 0 atom stereocenters. The van der Waals surface area contributed by atoms with E-state index in [0.717, 1.165) is 5.52 Å². The number of hydrogen-bond acceptors (Lipinski definition) is 3. The minimum Gasteiger partial charge on any atom is -0.494 e. The first kappa shape index (κ1) is 7.62. The van der Waals surface area contributed by atoms with Crippen molar-refractivity contribution in [2.24, 2.45) is 0 Å². The molecular weight excluding hydrogens is 166 g/mol. The number of aromatic amines is 1. The summed E-state index contributed by atoms with van der Waals surface area (Å²) in [6, 6.07) is 5.51. The Morgan fingerprint density at radius 3 is 3.08 bits per heavy atom. The first-order chi connectivity index (χ1) is 6.36. The Kier molecular flexibility index (Phi) is 1.64. The second-order valence-corrected chi connectivity index (χ2v) is 2.55. The Labute approximate surface area is 74.8 Å². The summed E-state index contributed by atoms with van der Waals surface area (Å²) in [6.45, 7) is 0. The topological polar surface area (TPSA) is 61.7 Å². The van der Waals surface area contributed by atoms with Gasteiger partial charge in [-0.2, -0.15) is 5.26 Å². The summed E-state index contributed by atoms with van der Waals surface area (Å²) in [6.07, 6.45) is 1.55. The second-order valence-electron chi connectivity index (χ2n) is 2.55. The molecule has 2 aromatic rings. The fraction of sp³-hybridized carbons (Fsp3) is 0.111. The van der Waals surface area contributed by atoms with Crippen LogP contribution >= 0.6 is 0 Å². The van der Waals surface area contributed by atoms with Gasteiger partial charge in [0, 0.05) is 0 Å². The van der Waals surface area contributed by atoms with Gasteiger partial charge in [-0.25, -0.2) is 4.98 Å². The van der Waals surface area contributed by atoms with Crippen molar-refractivity contribution in [3.05, 3.63) is 24.0 Å². The van der Waals surface area contributed by atoms with Gasteiger partial charge in [0.05, 0.1) is 19.0 Å². The SMILES string of the molecule is COc1ccc(C#N)c2nc[nH]c12. The number of fused-ring (bicyclic) bond motifs is 1. The minimum absolute atomic E-state index is 0.553. The predicted octanol–water partition coefficient (Wildman–Crippen LogP) is 1.44. The van der Waals surface area contributed by atoms with E-state index in [9.17, 15) is 0 Å². The fourth-order valence-corrected chi connectivity index (χ4v) is 1.27. The van der Waals surface area contributed by atoms with E-state index in [1.165, 1.54) is 0 Å². The van der Waals surface area contributed by atoms with E-state index in [4.69, 9.17) is 10.00 Å². The van der Waals surface area contributed by atoms with Gasteiger partial charge in [-0.1, -0.05) is 0 Å². The van der Waals surface area contributed by atoms with Crippen LogP contribution in [0, 0.1) is 11.3 Å². The van der Waals surface area contributed by atoms with Crippen LogP contribution in [0.25, 0.3) is 11.0 Å². The zero-order chi connectivity index (χ0) is 9.26. The molecule has 1 aromatic carbocycles. The molecule has 1 heterocycles. The van der Waals surface area contributed by atoms with Crippen molar-refractivity contribution in [1.82, 2.24) is 9.97 Å². The lowest BCUT2D eigenvalue weighted by molar-refractivity contribution is 0.419. The number of H-pyrrole nitrogens is 1. The molecule has 0 aliphatic heterocycles. The quantitative estimate of drug-likeness (QED) is 0.709. The summed E-state index contributed by atoms with van der Waals surface area (Å²) >= 11 is 0. The molecule has 1 aromatic heterocycles. The van der Waals surface area contributed by atoms with E-state index >= 15 is 0 Å². The molecule has 64 valence electrons. The number of nitrogens with zero attached hydrogens (tertiary/aromatic N) is 2. The summed E-state index contributed by atoms with van der Waals surface area (Å²) in [5.74, 6) is 0.700. The van der Waals surface area contributed by atoms with Crippen LogP contribution in [0.3, 0.4) is 0 Å². The molecule has 2 rings (SSSR count). The number of benzene rings is 1. The summed E-state index contributed by atoms with van der Waals surface area (Å²) in [7, 11) is 1.58. The monoisotopic (exact) mass is 173 g/mol. The van der Waals surface area contributed by atoms with Crippen LogP contribution in [0.2, 0.25) is 0 Å². The van der Waals surface area contributed by atoms with Gasteiger partial charge in [-0.05, 0) is 12.1 Å². The van der Waals surface area contributed by atoms with Crippen molar-refractivity contribution >= 4 is 11.0 Å². The Balaban J connectivity index is 2.83. The van der Waals surface area contributed by atoms with E-state index in [-0.39, 0.29) is 0 Å². The van der Waals surface area contributed by atoms with Crippen molar-refractivity contribution < 1.29 is 4.74 Å². The maximum absolute atomic E-state index is 8.77. The molecule has 1 N–H and O–H groups in total. The predicted molar refractivity (Wildman–Crippen MR) is 47.4 cm³/mol. The highest BCUT2D eigenvalue weighted by molar-refractivity contribution is 5.86. The highest BCUT2D eigenvalue weighted by Gasteiger charge is 2.07. The van der Waals surface area contributed by atoms with Gasteiger partial charge in [0.15, 0.2) is 0 Å². The molecule has 0 bridgehead atoms. The van der Waals surface area contributed by atoms with Crippen molar-refractivity contribution in [2.75, 3.05) is 7.11 Å². The smallest absolute Gasteiger partial charge is 0.144 e. The minimum atomic E-state index is 0.553. The third-order valence-electron chi connectivity index (χ3n) is 1.88. The van der Waals surface area contributed by atoms with Crippen molar-refractivity contribution in [3.8, 4) is 11.8 Å². The Bertz CT molecular complexity index is 481. The third kappa shape index (κ3) is 1.02. The molecule has 0 fully saturated rings. The maximum Gasteiger partial charge on any atom is 0.144 e. The lowest BCUT2D eigenvalue weighted by Crippen LogP contribution is -1.86. The molecule has 0 amide bonds. The zero-order valence-electron chi connectivity index (χ0n) is 7.03. The summed E-state index contributed by atoms with van der Waals surface area (Å²) in [5.41, 5.74) is 1.97. The molecule has 0 saturated carbocycles. The van der Waals surface area contributed by atoms with Crippen LogP contribution in [0.15, 0.2) is 18.5 Å². The number of methoxy groups -OCH3 is 1. The molecule has 0 radical (unpaired) electrons. The van der Waals surface area contributed by atoms with Gasteiger partial charge in [-0.15, -0.1) is 0 Å². The molecule has 4 nitrogen and oxygen atoms in total. The highest BCUT2D eigenvalue weighted by Crippen LogP contribution is 2.24. The number of imidazole rings is 1. The van der Waals surface area contributed by atoms with E-state index < -0.39 is 0 Å². The van der Waals surface area contributed by atoms with Gasteiger partial charge in [0.2, 0.25) is 0 Å². The van der Waals surface area contributed by atoms with Gasteiger partial charge < -0.3 is 9.72 Å². The number of aromatic nitrogens is 2. The maximum atomic E-state index is 8.77. The average molecular weight is 173 g/mol. The Hall–Kier alpha value is -2.02. The van der Waals surface area contributed by atoms with Crippen LogP contribution in [0.1, 0.15) is 5.56 Å². The molecule has 13 heavy (non-hydrogen) atoms. The molecule has 0 saturated heterocycles. The standard InChI is InChI=1S/C9H7N3O/c1-13-7-3-2-6(4-10)8-9(7)12-5-11-8/h2-3,5H,1H3,(H,11,12). The number of hydrogen-bond donors (Lipinski definition) is 1. The summed E-state index contributed by atoms with van der Waals surface area (Å²) in [5, 5.41) is 8.77. The molecule has 0 aliphatic carbocycles. The largest absolute Gasteiger partial charge is 0.494 e. The fourth-order valence-electron chi connectivity index (χ4n) is 1.27.